The third kappa shape index (κ3) is 4.92. The van der Waals surface area contributed by atoms with Crippen LogP contribution in [0.3, 0.4) is 0 Å². The van der Waals surface area contributed by atoms with E-state index < -0.39 is 23.2 Å². The second kappa shape index (κ2) is 4.74. The van der Waals surface area contributed by atoms with Gasteiger partial charge >= 0.3 is 12.1 Å². The Hall–Kier alpha value is -0.910. The highest BCUT2D eigenvalue weighted by molar-refractivity contribution is 7.80. The van der Waals surface area contributed by atoms with Crippen LogP contribution in [0.5, 0.6) is 0 Å². The summed E-state index contributed by atoms with van der Waals surface area (Å²) in [6, 6.07) is 0. The van der Waals surface area contributed by atoms with Gasteiger partial charge < -0.3 is 15.2 Å². The van der Waals surface area contributed by atoms with E-state index in [0.29, 0.717) is 0 Å². The molecule has 0 aliphatic carbocycles. The van der Waals surface area contributed by atoms with Crippen molar-refractivity contribution in [2.75, 3.05) is 5.75 Å². The third-order valence-electron chi connectivity index (χ3n) is 1.57. The van der Waals surface area contributed by atoms with Crippen LogP contribution in [0.2, 0.25) is 0 Å². The van der Waals surface area contributed by atoms with Gasteiger partial charge in [-0.15, -0.1) is 0 Å². The summed E-state index contributed by atoms with van der Waals surface area (Å²) in [5.41, 5.74) is -2.06. The summed E-state index contributed by atoms with van der Waals surface area (Å²) in [6.45, 7) is 6.47. The van der Waals surface area contributed by atoms with E-state index in [0.717, 1.165) is 0 Å². The van der Waals surface area contributed by atoms with E-state index in [9.17, 15) is 9.59 Å². The summed E-state index contributed by atoms with van der Waals surface area (Å²) in [4.78, 5) is 22.1. The minimum Gasteiger partial charge on any atom is -0.479 e. The Kier molecular flexibility index (Phi) is 4.45. The number of carbonyl (C=O) groups is 2. The quantitative estimate of drug-likeness (QED) is 0.644. The van der Waals surface area contributed by atoms with E-state index >= 15 is 0 Å². The summed E-state index contributed by atoms with van der Waals surface area (Å²) < 4.78 is 4.94. The SMILES string of the molecule is CC(C)(C)OC(=O)N[C@](C)(CS)C(=O)O. The summed E-state index contributed by atoms with van der Waals surface area (Å²) in [6.07, 6.45) is -0.763. The van der Waals surface area contributed by atoms with Crippen molar-refractivity contribution in [3.63, 3.8) is 0 Å². The lowest BCUT2D eigenvalue weighted by Gasteiger charge is -2.27. The number of carboxylic acids is 1. The zero-order chi connectivity index (χ0) is 12.3. The van der Waals surface area contributed by atoms with E-state index in [2.05, 4.69) is 17.9 Å². The molecule has 5 nitrogen and oxygen atoms in total. The molecular formula is C9H17NO4S. The predicted molar refractivity (Wildman–Crippen MR) is 59.3 cm³/mol. The normalized spacial score (nSPS) is 15.3. The molecule has 0 rings (SSSR count). The lowest BCUT2D eigenvalue weighted by atomic mass is 10.1. The second-order valence-corrected chi connectivity index (χ2v) is 4.74. The van der Waals surface area contributed by atoms with Crippen molar-refractivity contribution < 1.29 is 19.4 Å². The van der Waals surface area contributed by atoms with Crippen LogP contribution in [0, 0.1) is 0 Å². The van der Waals surface area contributed by atoms with Crippen LogP contribution in [0.25, 0.3) is 0 Å². The van der Waals surface area contributed by atoms with Crippen molar-refractivity contribution in [3.05, 3.63) is 0 Å². The molecule has 0 saturated heterocycles. The predicted octanol–water partition coefficient (Wildman–Crippen LogP) is 1.28. The van der Waals surface area contributed by atoms with Crippen LogP contribution < -0.4 is 5.32 Å². The molecule has 0 aromatic heterocycles. The van der Waals surface area contributed by atoms with E-state index in [4.69, 9.17) is 9.84 Å². The van der Waals surface area contributed by atoms with E-state index in [1.54, 1.807) is 20.8 Å². The third-order valence-corrected chi connectivity index (χ3v) is 2.20. The largest absolute Gasteiger partial charge is 0.479 e. The second-order valence-electron chi connectivity index (χ2n) is 4.42. The number of thiol groups is 1. The first-order valence-corrected chi connectivity index (χ1v) is 5.09. The first-order chi connectivity index (χ1) is 6.60. The zero-order valence-corrected chi connectivity index (χ0v) is 10.2. The highest BCUT2D eigenvalue weighted by Gasteiger charge is 2.34. The van der Waals surface area contributed by atoms with Gasteiger partial charge in [-0.1, -0.05) is 0 Å². The number of amides is 1. The van der Waals surface area contributed by atoms with Crippen LogP contribution in [-0.2, 0) is 9.53 Å². The standard InChI is InChI=1S/C9H17NO4S/c1-8(2,3)14-7(13)10-9(4,5-15)6(11)12/h15H,5H2,1-4H3,(H,10,13)(H,11,12)/t9-/m1/s1. The molecule has 88 valence electrons. The number of nitrogens with one attached hydrogen (secondary N) is 1. The molecule has 0 radical (unpaired) electrons. The summed E-state index contributed by atoms with van der Waals surface area (Å²) in [7, 11) is 0. The summed E-state index contributed by atoms with van der Waals surface area (Å²) in [5, 5.41) is 11.1. The van der Waals surface area contributed by atoms with Crippen LogP contribution in [-0.4, -0.2) is 34.1 Å². The van der Waals surface area contributed by atoms with Crippen molar-refractivity contribution in [2.45, 2.75) is 38.8 Å². The molecule has 0 aliphatic rings. The summed E-state index contributed by atoms with van der Waals surface area (Å²) >= 11 is 3.88. The van der Waals surface area contributed by atoms with Crippen LogP contribution in [0.4, 0.5) is 4.79 Å². The van der Waals surface area contributed by atoms with E-state index in [1.165, 1.54) is 6.92 Å². The fourth-order valence-electron chi connectivity index (χ4n) is 0.689. The lowest BCUT2D eigenvalue weighted by Crippen LogP contribution is -2.54. The molecule has 0 bridgehead atoms. The molecule has 0 aliphatic heterocycles. The Bertz CT molecular complexity index is 261. The maximum atomic E-state index is 11.3. The van der Waals surface area contributed by atoms with Gasteiger partial charge in [0.1, 0.15) is 11.1 Å². The van der Waals surface area contributed by atoms with Gasteiger partial charge in [0, 0.05) is 5.75 Å². The minimum atomic E-state index is -1.41. The molecule has 0 saturated carbocycles. The van der Waals surface area contributed by atoms with Crippen LogP contribution in [0.15, 0.2) is 0 Å². The molecule has 6 heteroatoms. The van der Waals surface area contributed by atoms with Gasteiger partial charge in [-0.3, -0.25) is 0 Å². The minimum absolute atomic E-state index is 0.0123. The molecule has 0 unspecified atom stereocenters. The van der Waals surface area contributed by atoms with Gasteiger partial charge in [0.2, 0.25) is 0 Å². The number of carbonyl (C=O) groups excluding carboxylic acids is 1. The Balaban J connectivity index is 4.45. The Morgan fingerprint density at radius 2 is 1.80 bits per heavy atom. The molecule has 2 N–H and O–H groups in total. The highest BCUT2D eigenvalue weighted by Crippen LogP contribution is 2.11. The fraction of sp³-hybridized carbons (Fsp3) is 0.778. The topological polar surface area (TPSA) is 75.6 Å². The Morgan fingerprint density at radius 3 is 2.07 bits per heavy atom. The number of rotatable bonds is 3. The Labute approximate surface area is 94.6 Å². The Morgan fingerprint density at radius 1 is 1.33 bits per heavy atom. The number of hydrogen-bond donors (Lipinski definition) is 3. The fourth-order valence-corrected chi connectivity index (χ4v) is 0.904. The molecule has 0 aromatic rings. The summed E-state index contributed by atoms with van der Waals surface area (Å²) in [5.74, 6) is -1.16. The van der Waals surface area contributed by atoms with Gasteiger partial charge in [0.15, 0.2) is 0 Å². The molecular weight excluding hydrogens is 218 g/mol. The molecule has 1 amide bonds. The number of alkyl carbamates (subject to hydrolysis) is 1. The molecule has 0 fully saturated rings. The van der Waals surface area contributed by atoms with Crippen molar-refractivity contribution in [1.82, 2.24) is 5.32 Å². The first-order valence-electron chi connectivity index (χ1n) is 4.46. The average molecular weight is 235 g/mol. The monoisotopic (exact) mass is 235 g/mol. The maximum absolute atomic E-state index is 11.3. The van der Waals surface area contributed by atoms with Gasteiger partial charge in [-0.05, 0) is 27.7 Å². The van der Waals surface area contributed by atoms with E-state index in [-0.39, 0.29) is 5.75 Å². The smallest absolute Gasteiger partial charge is 0.408 e. The van der Waals surface area contributed by atoms with Crippen molar-refractivity contribution in [1.29, 1.82) is 0 Å². The van der Waals surface area contributed by atoms with Gasteiger partial charge in [-0.25, -0.2) is 9.59 Å². The molecule has 0 aromatic carbocycles. The van der Waals surface area contributed by atoms with Crippen LogP contribution >= 0.6 is 12.6 Å². The van der Waals surface area contributed by atoms with Crippen molar-refractivity contribution in [2.24, 2.45) is 0 Å². The number of aliphatic carboxylic acids is 1. The molecule has 0 heterocycles. The number of ether oxygens (including phenoxy) is 1. The molecule has 1 atom stereocenters. The van der Waals surface area contributed by atoms with E-state index in [1.807, 2.05) is 0 Å². The lowest BCUT2D eigenvalue weighted by molar-refractivity contribution is -0.143. The zero-order valence-electron chi connectivity index (χ0n) is 9.33. The van der Waals surface area contributed by atoms with Gasteiger partial charge in [0.05, 0.1) is 0 Å². The number of carboxylic acid groups (broad SMARTS) is 1. The molecule has 15 heavy (non-hydrogen) atoms. The molecule has 0 spiro atoms. The maximum Gasteiger partial charge on any atom is 0.408 e. The highest BCUT2D eigenvalue weighted by atomic mass is 32.1. The first kappa shape index (κ1) is 14.1. The van der Waals surface area contributed by atoms with Crippen LogP contribution in [0.1, 0.15) is 27.7 Å². The van der Waals surface area contributed by atoms with Crippen molar-refractivity contribution >= 4 is 24.7 Å². The van der Waals surface area contributed by atoms with Gasteiger partial charge in [-0.2, -0.15) is 12.6 Å². The van der Waals surface area contributed by atoms with Crippen molar-refractivity contribution in [3.8, 4) is 0 Å². The average Bonchev–Trinajstić information content (AvgIpc) is 1.99. The number of hydrogen-bond acceptors (Lipinski definition) is 4. The van der Waals surface area contributed by atoms with Gasteiger partial charge in [0.25, 0.3) is 0 Å².